The van der Waals surface area contributed by atoms with Gasteiger partial charge in [-0.05, 0) is 28.8 Å². The molecule has 31 heavy (non-hydrogen) atoms. The highest BCUT2D eigenvalue weighted by Gasteiger charge is 2.14. The predicted molar refractivity (Wildman–Crippen MR) is 115 cm³/mol. The number of carbonyl (C=O) groups is 1. The zero-order chi connectivity index (χ0) is 22.4. The molecule has 0 spiro atoms. The van der Waals surface area contributed by atoms with Crippen LogP contribution in [0.5, 0.6) is 0 Å². The summed E-state index contributed by atoms with van der Waals surface area (Å²) in [6, 6.07) is 14.1. The number of rotatable bonds is 9. The number of amides is 1. The summed E-state index contributed by atoms with van der Waals surface area (Å²) in [6.07, 6.45) is 1.30. The third-order valence-electron chi connectivity index (χ3n) is 4.33. The Bertz CT molecular complexity index is 1190. The Balaban J connectivity index is 1.83. The minimum Gasteiger partial charge on any atom is -0.392 e. The average molecular weight is 443 g/mol. The lowest BCUT2D eigenvalue weighted by Crippen LogP contribution is -2.17. The van der Waals surface area contributed by atoms with Crippen molar-refractivity contribution < 1.29 is 22.9 Å². The van der Waals surface area contributed by atoms with Crippen LogP contribution in [0.1, 0.15) is 27.0 Å². The second-order valence-electron chi connectivity index (χ2n) is 6.65. The van der Waals surface area contributed by atoms with Gasteiger partial charge in [0, 0.05) is 18.4 Å². The van der Waals surface area contributed by atoms with E-state index in [2.05, 4.69) is 20.6 Å². The fourth-order valence-corrected chi connectivity index (χ4v) is 3.53. The van der Waals surface area contributed by atoms with E-state index in [1.54, 1.807) is 6.07 Å². The van der Waals surface area contributed by atoms with Crippen LogP contribution in [0.2, 0.25) is 0 Å². The molecule has 3 aromatic rings. The van der Waals surface area contributed by atoms with Gasteiger partial charge in [-0.1, -0.05) is 36.4 Å². The third kappa shape index (κ3) is 6.22. The predicted octanol–water partition coefficient (Wildman–Crippen LogP) is 1.81. The molecule has 0 aliphatic rings. The van der Waals surface area contributed by atoms with Gasteiger partial charge in [-0.15, -0.1) is 0 Å². The van der Waals surface area contributed by atoms with Gasteiger partial charge in [0.15, 0.2) is 0 Å². The van der Waals surface area contributed by atoms with Crippen molar-refractivity contribution in [2.24, 2.45) is 5.73 Å². The standard InChI is InChI=1S/C20H21N5O5S/c21-18(27)17-10-23-20(25-19(17)22-9-13-4-2-1-3-5-13)24-16-7-6-14(12-31(28,29)30)15(8-16)11-26/h1-8,10,26H,9,11-12H2,(H2,21,27)(H,28,29,30)(H2,22,23,24,25). The molecule has 0 saturated carbocycles. The Kier molecular flexibility index (Phi) is 6.80. The summed E-state index contributed by atoms with van der Waals surface area (Å²) >= 11 is 0. The molecule has 10 nitrogen and oxygen atoms in total. The van der Waals surface area contributed by atoms with Crippen LogP contribution in [-0.4, -0.2) is 34.0 Å². The van der Waals surface area contributed by atoms with E-state index >= 15 is 0 Å². The summed E-state index contributed by atoms with van der Waals surface area (Å²) < 4.78 is 31.3. The number of nitrogens with zero attached hydrogens (tertiary/aromatic N) is 2. The molecular weight excluding hydrogens is 422 g/mol. The molecule has 6 N–H and O–H groups in total. The number of hydrogen-bond acceptors (Lipinski definition) is 8. The smallest absolute Gasteiger partial charge is 0.269 e. The second-order valence-corrected chi connectivity index (χ2v) is 8.10. The minimum absolute atomic E-state index is 0.126. The van der Waals surface area contributed by atoms with Crippen molar-refractivity contribution in [1.82, 2.24) is 9.97 Å². The number of nitrogens with one attached hydrogen (secondary N) is 2. The minimum atomic E-state index is -4.24. The van der Waals surface area contributed by atoms with Gasteiger partial charge in [0.05, 0.1) is 12.2 Å². The number of benzene rings is 2. The third-order valence-corrected chi connectivity index (χ3v) is 5.00. The lowest BCUT2D eigenvalue weighted by Gasteiger charge is -2.13. The molecule has 2 aromatic carbocycles. The zero-order valence-electron chi connectivity index (χ0n) is 16.3. The van der Waals surface area contributed by atoms with Gasteiger partial charge in [-0.2, -0.15) is 13.4 Å². The number of aliphatic hydroxyl groups excluding tert-OH is 1. The maximum atomic E-state index is 11.7. The quantitative estimate of drug-likeness (QED) is 0.310. The number of nitrogens with two attached hydrogens (primary N) is 1. The molecule has 162 valence electrons. The first kappa shape index (κ1) is 22.2. The number of hydrogen-bond donors (Lipinski definition) is 5. The van der Waals surface area contributed by atoms with Gasteiger partial charge < -0.3 is 21.5 Å². The van der Waals surface area contributed by atoms with Crippen LogP contribution in [0.3, 0.4) is 0 Å². The normalized spacial score (nSPS) is 11.2. The van der Waals surface area contributed by atoms with Gasteiger partial charge in [-0.3, -0.25) is 9.35 Å². The van der Waals surface area contributed by atoms with Gasteiger partial charge in [0.1, 0.15) is 11.6 Å². The lowest BCUT2D eigenvalue weighted by molar-refractivity contribution is 0.100. The number of primary amides is 1. The molecule has 0 aliphatic heterocycles. The molecule has 3 rings (SSSR count). The maximum Gasteiger partial charge on any atom is 0.269 e. The topological polar surface area (TPSA) is 168 Å². The molecule has 0 atom stereocenters. The molecule has 1 aromatic heterocycles. The van der Waals surface area contributed by atoms with Crippen molar-refractivity contribution in [2.45, 2.75) is 18.9 Å². The highest BCUT2D eigenvalue weighted by molar-refractivity contribution is 7.85. The SMILES string of the molecule is NC(=O)c1cnc(Nc2ccc(CS(=O)(=O)O)c(CO)c2)nc1NCc1ccccc1. The molecule has 0 aliphatic carbocycles. The van der Waals surface area contributed by atoms with Crippen LogP contribution >= 0.6 is 0 Å². The van der Waals surface area contributed by atoms with Crippen LogP contribution in [-0.2, 0) is 29.0 Å². The van der Waals surface area contributed by atoms with E-state index in [4.69, 9.17) is 10.3 Å². The summed E-state index contributed by atoms with van der Waals surface area (Å²) in [6.45, 7) is -0.0116. The number of carbonyl (C=O) groups excluding carboxylic acids is 1. The van der Waals surface area contributed by atoms with E-state index in [0.29, 0.717) is 17.8 Å². The van der Waals surface area contributed by atoms with Gasteiger partial charge >= 0.3 is 0 Å². The van der Waals surface area contributed by atoms with Crippen molar-refractivity contribution >= 4 is 33.5 Å². The Labute approximate surface area is 178 Å². The molecule has 0 radical (unpaired) electrons. The molecule has 1 heterocycles. The van der Waals surface area contributed by atoms with Crippen molar-refractivity contribution in [3.8, 4) is 0 Å². The first-order chi connectivity index (χ1) is 14.7. The van der Waals surface area contributed by atoms with E-state index in [-0.39, 0.29) is 22.9 Å². The van der Waals surface area contributed by atoms with Crippen LogP contribution in [0.15, 0.2) is 54.7 Å². The summed E-state index contributed by atoms with van der Waals surface area (Å²) in [4.78, 5) is 20.1. The maximum absolute atomic E-state index is 11.7. The summed E-state index contributed by atoms with van der Waals surface area (Å²) in [5, 5.41) is 15.5. The fourth-order valence-electron chi connectivity index (χ4n) is 2.86. The first-order valence-corrected chi connectivity index (χ1v) is 10.8. The Morgan fingerprint density at radius 1 is 1.10 bits per heavy atom. The molecule has 1 amide bonds. The van der Waals surface area contributed by atoms with Gasteiger partial charge in [0.25, 0.3) is 16.0 Å². The van der Waals surface area contributed by atoms with Gasteiger partial charge in [-0.25, -0.2) is 4.98 Å². The summed E-state index contributed by atoms with van der Waals surface area (Å²) in [7, 11) is -4.24. The molecule has 0 unspecified atom stereocenters. The van der Waals surface area contributed by atoms with E-state index in [9.17, 15) is 18.3 Å². The van der Waals surface area contributed by atoms with Crippen molar-refractivity contribution in [3.05, 3.63) is 77.0 Å². The Morgan fingerprint density at radius 2 is 1.84 bits per heavy atom. The molecule has 0 saturated heterocycles. The fraction of sp³-hybridized carbons (Fsp3) is 0.150. The monoisotopic (exact) mass is 443 g/mol. The van der Waals surface area contributed by atoms with Crippen molar-refractivity contribution in [3.63, 3.8) is 0 Å². The summed E-state index contributed by atoms with van der Waals surface area (Å²) in [5.41, 5.74) is 7.58. The van der Waals surface area contributed by atoms with Crippen LogP contribution in [0.25, 0.3) is 0 Å². The van der Waals surface area contributed by atoms with Crippen molar-refractivity contribution in [1.29, 1.82) is 0 Å². The number of anilines is 3. The molecule has 0 fully saturated rings. The van der Waals surface area contributed by atoms with Crippen LogP contribution in [0, 0.1) is 0 Å². The largest absolute Gasteiger partial charge is 0.392 e. The van der Waals surface area contributed by atoms with E-state index in [0.717, 1.165) is 5.56 Å². The zero-order valence-corrected chi connectivity index (χ0v) is 17.1. The molecule has 11 heteroatoms. The highest BCUT2D eigenvalue weighted by Crippen LogP contribution is 2.22. The number of aliphatic hydroxyl groups is 1. The van der Waals surface area contributed by atoms with E-state index in [1.807, 2.05) is 30.3 Å². The van der Waals surface area contributed by atoms with Crippen LogP contribution < -0.4 is 16.4 Å². The highest BCUT2D eigenvalue weighted by atomic mass is 32.2. The molecular formula is C20H21N5O5S. The van der Waals surface area contributed by atoms with Crippen molar-refractivity contribution in [2.75, 3.05) is 10.6 Å². The first-order valence-electron chi connectivity index (χ1n) is 9.14. The summed E-state index contributed by atoms with van der Waals surface area (Å²) in [5.74, 6) is -0.883. The number of aromatic nitrogens is 2. The Morgan fingerprint density at radius 3 is 2.48 bits per heavy atom. The molecule has 0 bridgehead atoms. The van der Waals surface area contributed by atoms with E-state index in [1.165, 1.54) is 18.3 Å². The lowest BCUT2D eigenvalue weighted by atomic mass is 10.1. The van der Waals surface area contributed by atoms with Gasteiger partial charge in [0.2, 0.25) is 5.95 Å². The van der Waals surface area contributed by atoms with E-state index < -0.39 is 28.4 Å². The second kappa shape index (κ2) is 9.51. The Hall–Kier alpha value is -3.54. The average Bonchev–Trinajstić information content (AvgIpc) is 2.73. The van der Waals surface area contributed by atoms with Crippen LogP contribution in [0.4, 0.5) is 17.5 Å².